The Balaban J connectivity index is 1.81. The Morgan fingerprint density at radius 2 is 1.19 bits per heavy atom. The lowest BCUT2D eigenvalue weighted by Crippen LogP contribution is -1.97. The summed E-state index contributed by atoms with van der Waals surface area (Å²) in [6, 6.07) is 18.0. The number of aryl methyl sites for hydroxylation is 1. The SMILES string of the molecule is C=C(Cc1ccc(C(=C)CC(C)CCCCCC)cc1)c1ccc(CCCCCC)cc1. The number of hydrogen-bond donors (Lipinski definition) is 0. The second-order valence-corrected chi connectivity index (χ2v) is 9.75. The van der Waals surface area contributed by atoms with Gasteiger partial charge < -0.3 is 0 Å². The van der Waals surface area contributed by atoms with E-state index >= 15 is 0 Å². The first-order chi connectivity index (χ1) is 15.5. The molecule has 2 rings (SSSR count). The van der Waals surface area contributed by atoms with Gasteiger partial charge in [0.05, 0.1) is 0 Å². The maximum Gasteiger partial charge on any atom is -0.00257 e. The standard InChI is InChI=1S/C32H46/c1-6-8-10-12-14-26(3)24-27(4)31-22-18-30(19-23-31)25-28(5)32-20-16-29(17-21-32)15-13-11-9-7-2/h16-23,26H,4-15,24-25H2,1-3H3. The Kier molecular flexibility index (Phi) is 12.2. The topological polar surface area (TPSA) is 0 Å². The van der Waals surface area contributed by atoms with Gasteiger partial charge in [-0.15, -0.1) is 0 Å². The Morgan fingerprint density at radius 1 is 0.656 bits per heavy atom. The Labute approximate surface area is 198 Å². The molecule has 0 fully saturated rings. The average Bonchev–Trinajstić information content (AvgIpc) is 2.80. The highest BCUT2D eigenvalue weighted by atomic mass is 14.1. The summed E-state index contributed by atoms with van der Waals surface area (Å²) >= 11 is 0. The van der Waals surface area contributed by atoms with Crippen molar-refractivity contribution in [2.45, 2.75) is 97.8 Å². The number of hydrogen-bond acceptors (Lipinski definition) is 0. The first kappa shape index (κ1) is 26.2. The van der Waals surface area contributed by atoms with E-state index in [0.717, 1.165) is 12.8 Å². The van der Waals surface area contributed by atoms with Crippen LogP contribution in [0.3, 0.4) is 0 Å². The van der Waals surface area contributed by atoms with Crippen LogP contribution in [0.5, 0.6) is 0 Å². The fraction of sp³-hybridized carbons (Fsp3) is 0.500. The predicted octanol–water partition coefficient (Wildman–Crippen LogP) is 10.1. The lowest BCUT2D eigenvalue weighted by atomic mass is 9.91. The quantitative estimate of drug-likeness (QED) is 0.232. The molecular weight excluding hydrogens is 384 g/mol. The molecule has 174 valence electrons. The van der Waals surface area contributed by atoms with E-state index in [1.807, 2.05) is 0 Å². The molecule has 2 aromatic rings. The third-order valence-corrected chi connectivity index (χ3v) is 6.61. The van der Waals surface area contributed by atoms with Crippen LogP contribution in [-0.4, -0.2) is 0 Å². The molecule has 1 atom stereocenters. The maximum atomic E-state index is 4.37. The van der Waals surface area contributed by atoms with Gasteiger partial charge in [-0.2, -0.15) is 0 Å². The summed E-state index contributed by atoms with van der Waals surface area (Å²) in [5.74, 6) is 0.716. The number of rotatable bonds is 16. The predicted molar refractivity (Wildman–Crippen MR) is 145 cm³/mol. The fourth-order valence-electron chi connectivity index (χ4n) is 4.43. The van der Waals surface area contributed by atoms with Crippen molar-refractivity contribution in [2.24, 2.45) is 5.92 Å². The number of benzene rings is 2. The van der Waals surface area contributed by atoms with E-state index in [9.17, 15) is 0 Å². The molecule has 2 aromatic carbocycles. The van der Waals surface area contributed by atoms with Gasteiger partial charge in [0, 0.05) is 0 Å². The molecule has 0 N–H and O–H groups in total. The summed E-state index contributed by atoms with van der Waals surface area (Å²) in [4.78, 5) is 0. The van der Waals surface area contributed by atoms with Crippen LogP contribution in [0.4, 0.5) is 0 Å². The first-order valence-corrected chi connectivity index (χ1v) is 13.1. The first-order valence-electron chi connectivity index (χ1n) is 13.1. The van der Waals surface area contributed by atoms with Crippen molar-refractivity contribution in [3.8, 4) is 0 Å². The molecule has 0 bridgehead atoms. The Morgan fingerprint density at radius 3 is 1.78 bits per heavy atom. The maximum absolute atomic E-state index is 4.37. The summed E-state index contributed by atoms with van der Waals surface area (Å²) in [7, 11) is 0. The average molecular weight is 431 g/mol. The van der Waals surface area contributed by atoms with Gasteiger partial charge in [-0.3, -0.25) is 0 Å². The van der Waals surface area contributed by atoms with Gasteiger partial charge in [-0.1, -0.05) is 134 Å². The van der Waals surface area contributed by atoms with E-state index in [2.05, 4.69) is 82.5 Å². The Hall–Kier alpha value is -2.08. The second kappa shape index (κ2) is 14.9. The van der Waals surface area contributed by atoms with Crippen LogP contribution >= 0.6 is 0 Å². The van der Waals surface area contributed by atoms with Gasteiger partial charge in [0.25, 0.3) is 0 Å². The van der Waals surface area contributed by atoms with E-state index in [1.165, 1.54) is 97.6 Å². The molecule has 0 amide bonds. The molecule has 0 aliphatic rings. The molecule has 0 spiro atoms. The summed E-state index contributed by atoms with van der Waals surface area (Å²) in [5, 5.41) is 0. The van der Waals surface area contributed by atoms with Crippen LogP contribution in [0.1, 0.15) is 107 Å². The number of allylic oxidation sites excluding steroid dienone is 2. The zero-order chi connectivity index (χ0) is 23.2. The van der Waals surface area contributed by atoms with Gasteiger partial charge >= 0.3 is 0 Å². The van der Waals surface area contributed by atoms with E-state index in [-0.39, 0.29) is 0 Å². The van der Waals surface area contributed by atoms with Gasteiger partial charge in [-0.05, 0) is 65.0 Å². The van der Waals surface area contributed by atoms with Crippen molar-refractivity contribution in [3.63, 3.8) is 0 Å². The smallest absolute Gasteiger partial charge is 0.00257 e. The third kappa shape index (κ3) is 9.60. The molecule has 0 radical (unpaired) electrons. The van der Waals surface area contributed by atoms with Gasteiger partial charge in [0.2, 0.25) is 0 Å². The van der Waals surface area contributed by atoms with Crippen molar-refractivity contribution in [1.82, 2.24) is 0 Å². The molecule has 0 saturated carbocycles. The highest BCUT2D eigenvalue weighted by molar-refractivity contribution is 5.67. The van der Waals surface area contributed by atoms with Crippen LogP contribution in [0, 0.1) is 5.92 Å². The zero-order valence-corrected chi connectivity index (χ0v) is 21.1. The van der Waals surface area contributed by atoms with E-state index in [0.29, 0.717) is 5.92 Å². The molecule has 0 aliphatic carbocycles. The summed E-state index contributed by atoms with van der Waals surface area (Å²) in [6.07, 6.45) is 15.2. The van der Waals surface area contributed by atoms with Crippen molar-refractivity contribution in [2.75, 3.05) is 0 Å². The van der Waals surface area contributed by atoms with Crippen molar-refractivity contribution < 1.29 is 0 Å². The molecule has 0 heterocycles. The van der Waals surface area contributed by atoms with Crippen molar-refractivity contribution in [3.05, 3.63) is 83.9 Å². The van der Waals surface area contributed by atoms with E-state index in [4.69, 9.17) is 0 Å². The highest BCUT2D eigenvalue weighted by Crippen LogP contribution is 2.26. The minimum atomic E-state index is 0.716. The molecule has 0 aliphatic heterocycles. The molecule has 0 heteroatoms. The second-order valence-electron chi connectivity index (χ2n) is 9.75. The van der Waals surface area contributed by atoms with E-state index < -0.39 is 0 Å². The fourth-order valence-corrected chi connectivity index (χ4v) is 4.43. The van der Waals surface area contributed by atoms with Crippen molar-refractivity contribution in [1.29, 1.82) is 0 Å². The summed E-state index contributed by atoms with van der Waals surface area (Å²) in [5.41, 5.74) is 7.77. The summed E-state index contributed by atoms with van der Waals surface area (Å²) in [6.45, 7) is 15.6. The van der Waals surface area contributed by atoms with E-state index in [1.54, 1.807) is 0 Å². The van der Waals surface area contributed by atoms with Crippen LogP contribution < -0.4 is 0 Å². The minimum Gasteiger partial charge on any atom is -0.0952 e. The molecular formula is C32H46. The number of unbranched alkanes of at least 4 members (excludes halogenated alkanes) is 6. The van der Waals surface area contributed by atoms with Crippen LogP contribution in [0.25, 0.3) is 11.1 Å². The molecule has 0 saturated heterocycles. The van der Waals surface area contributed by atoms with Crippen molar-refractivity contribution >= 4 is 11.1 Å². The largest absolute Gasteiger partial charge is 0.0952 e. The third-order valence-electron chi connectivity index (χ3n) is 6.61. The molecule has 1 unspecified atom stereocenters. The molecule has 0 nitrogen and oxygen atoms in total. The Bertz CT molecular complexity index is 791. The normalized spacial score (nSPS) is 12.0. The molecule has 32 heavy (non-hydrogen) atoms. The lowest BCUT2D eigenvalue weighted by molar-refractivity contribution is 0.499. The van der Waals surface area contributed by atoms with Crippen LogP contribution in [-0.2, 0) is 12.8 Å². The monoisotopic (exact) mass is 430 g/mol. The van der Waals surface area contributed by atoms with Gasteiger partial charge in [-0.25, -0.2) is 0 Å². The zero-order valence-electron chi connectivity index (χ0n) is 21.1. The lowest BCUT2D eigenvalue weighted by Gasteiger charge is -2.14. The summed E-state index contributed by atoms with van der Waals surface area (Å²) < 4.78 is 0. The van der Waals surface area contributed by atoms with Gasteiger partial charge in [0.1, 0.15) is 0 Å². The van der Waals surface area contributed by atoms with Crippen LogP contribution in [0.2, 0.25) is 0 Å². The van der Waals surface area contributed by atoms with Gasteiger partial charge in [0.15, 0.2) is 0 Å². The minimum absolute atomic E-state index is 0.716. The van der Waals surface area contributed by atoms with Crippen LogP contribution in [0.15, 0.2) is 61.7 Å². The highest BCUT2D eigenvalue weighted by Gasteiger charge is 2.08. The molecule has 0 aromatic heterocycles.